The fourth-order valence-electron chi connectivity index (χ4n) is 3.53. The van der Waals surface area contributed by atoms with E-state index >= 15 is 0 Å². The quantitative estimate of drug-likeness (QED) is 0.531. The number of benzene rings is 1. The van der Waals surface area contributed by atoms with Crippen LogP contribution in [0.15, 0.2) is 39.0 Å². The van der Waals surface area contributed by atoms with Gasteiger partial charge in [-0.1, -0.05) is 23.9 Å². The van der Waals surface area contributed by atoms with Gasteiger partial charge in [0.05, 0.1) is 25.5 Å². The summed E-state index contributed by atoms with van der Waals surface area (Å²) in [7, 11) is 2.94. The van der Waals surface area contributed by atoms with Crippen molar-refractivity contribution in [2.45, 2.75) is 11.7 Å². The van der Waals surface area contributed by atoms with E-state index in [0.717, 1.165) is 4.57 Å². The zero-order chi connectivity index (χ0) is 22.1. The van der Waals surface area contributed by atoms with Crippen molar-refractivity contribution >= 4 is 28.8 Å². The van der Waals surface area contributed by atoms with E-state index in [1.54, 1.807) is 21.6 Å². The molecule has 0 saturated carbocycles. The molecule has 0 bridgehead atoms. The number of aryl methyl sites for hydroxylation is 1. The Labute approximate surface area is 181 Å². The van der Waals surface area contributed by atoms with E-state index in [1.165, 1.54) is 42.6 Å². The summed E-state index contributed by atoms with van der Waals surface area (Å²) < 4.78 is 23.0. The SMILES string of the molecule is Cn1c(=O)c2c(nc(SCC(=O)N3CCOCC3)n2Cc2cccc(F)c2)n(C)c1=O. The average molecular weight is 447 g/mol. The standard InChI is InChI=1S/C20H22FN5O4S/c1-23-17-16(18(28)24(2)20(23)29)26(11-13-4-3-5-14(21)10-13)19(22-17)31-12-15(27)25-6-8-30-9-7-25/h3-5,10H,6-9,11-12H2,1-2H3. The number of morpholine rings is 1. The topological polar surface area (TPSA) is 91.4 Å². The van der Waals surface area contributed by atoms with Crippen LogP contribution in [0, 0.1) is 5.82 Å². The summed E-state index contributed by atoms with van der Waals surface area (Å²) in [5.74, 6) is -0.320. The number of halogens is 1. The molecule has 0 atom stereocenters. The first-order chi connectivity index (χ1) is 14.9. The molecule has 1 fully saturated rings. The molecule has 1 saturated heterocycles. The normalized spacial score (nSPS) is 14.4. The van der Waals surface area contributed by atoms with E-state index in [0.29, 0.717) is 37.0 Å². The Balaban J connectivity index is 1.75. The molecule has 9 nitrogen and oxygen atoms in total. The second-order valence-electron chi connectivity index (χ2n) is 7.27. The lowest BCUT2D eigenvalue weighted by atomic mass is 10.2. The molecule has 0 radical (unpaired) electrons. The van der Waals surface area contributed by atoms with E-state index in [1.807, 2.05) is 0 Å². The number of hydrogen-bond acceptors (Lipinski definition) is 6. The van der Waals surface area contributed by atoms with Crippen LogP contribution in [0.2, 0.25) is 0 Å². The number of nitrogens with zero attached hydrogens (tertiary/aromatic N) is 5. The zero-order valence-corrected chi connectivity index (χ0v) is 18.0. The van der Waals surface area contributed by atoms with Gasteiger partial charge in [-0.3, -0.25) is 18.7 Å². The van der Waals surface area contributed by atoms with Crippen molar-refractivity contribution in [2.75, 3.05) is 32.1 Å². The molecule has 2 aromatic heterocycles. The van der Waals surface area contributed by atoms with Crippen LogP contribution in [0.4, 0.5) is 4.39 Å². The van der Waals surface area contributed by atoms with Crippen molar-refractivity contribution in [3.8, 4) is 0 Å². The van der Waals surface area contributed by atoms with Gasteiger partial charge in [-0.15, -0.1) is 0 Å². The summed E-state index contributed by atoms with van der Waals surface area (Å²) in [6.45, 7) is 2.26. The Morgan fingerprint density at radius 2 is 1.94 bits per heavy atom. The van der Waals surface area contributed by atoms with Gasteiger partial charge in [0.25, 0.3) is 5.56 Å². The van der Waals surface area contributed by atoms with Crippen LogP contribution in [0.1, 0.15) is 5.56 Å². The number of rotatable bonds is 5. The Kier molecular flexibility index (Phi) is 5.96. The highest BCUT2D eigenvalue weighted by atomic mass is 32.2. The summed E-state index contributed by atoms with van der Waals surface area (Å²) in [5, 5.41) is 0.416. The fourth-order valence-corrected chi connectivity index (χ4v) is 4.43. The van der Waals surface area contributed by atoms with Gasteiger partial charge in [-0.2, -0.15) is 0 Å². The van der Waals surface area contributed by atoms with Crippen LogP contribution < -0.4 is 11.2 Å². The summed E-state index contributed by atoms with van der Waals surface area (Å²) >= 11 is 1.19. The maximum absolute atomic E-state index is 13.7. The predicted octanol–water partition coefficient (Wildman–Crippen LogP) is 0.572. The monoisotopic (exact) mass is 447 g/mol. The highest BCUT2D eigenvalue weighted by molar-refractivity contribution is 7.99. The van der Waals surface area contributed by atoms with E-state index in [-0.39, 0.29) is 35.2 Å². The number of fused-ring (bicyclic) bond motifs is 1. The molecule has 3 aromatic rings. The molecule has 1 aliphatic heterocycles. The minimum absolute atomic E-state index is 0.0561. The maximum atomic E-state index is 13.7. The Hall–Kier alpha value is -2.92. The highest BCUT2D eigenvalue weighted by Crippen LogP contribution is 2.23. The second kappa shape index (κ2) is 8.67. The van der Waals surface area contributed by atoms with Gasteiger partial charge >= 0.3 is 5.69 Å². The number of thioether (sulfide) groups is 1. The lowest BCUT2D eigenvalue weighted by Gasteiger charge is -2.26. The summed E-state index contributed by atoms with van der Waals surface area (Å²) in [4.78, 5) is 44.1. The Morgan fingerprint density at radius 1 is 1.19 bits per heavy atom. The maximum Gasteiger partial charge on any atom is 0.332 e. The smallest absolute Gasteiger partial charge is 0.332 e. The van der Waals surface area contributed by atoms with Crippen LogP contribution in [0.3, 0.4) is 0 Å². The first-order valence-corrected chi connectivity index (χ1v) is 10.7. The van der Waals surface area contributed by atoms with Crippen molar-refractivity contribution in [3.63, 3.8) is 0 Å². The molecule has 0 N–H and O–H groups in total. The molecule has 4 rings (SSSR count). The molecule has 11 heteroatoms. The van der Waals surface area contributed by atoms with E-state index in [9.17, 15) is 18.8 Å². The lowest BCUT2D eigenvalue weighted by Crippen LogP contribution is -2.41. The molecule has 1 aromatic carbocycles. The number of aromatic nitrogens is 4. The van der Waals surface area contributed by atoms with Crippen molar-refractivity contribution < 1.29 is 13.9 Å². The molecular weight excluding hydrogens is 425 g/mol. The molecule has 0 aliphatic carbocycles. The van der Waals surface area contributed by atoms with Crippen LogP contribution >= 0.6 is 11.8 Å². The lowest BCUT2D eigenvalue weighted by molar-refractivity contribution is -0.132. The van der Waals surface area contributed by atoms with Gasteiger partial charge in [-0.25, -0.2) is 14.2 Å². The van der Waals surface area contributed by atoms with Gasteiger partial charge in [0, 0.05) is 27.2 Å². The largest absolute Gasteiger partial charge is 0.378 e. The first kappa shape index (κ1) is 21.3. The predicted molar refractivity (Wildman–Crippen MR) is 114 cm³/mol. The summed E-state index contributed by atoms with van der Waals surface area (Å²) in [5.41, 5.74) is 0.111. The molecule has 0 spiro atoms. The molecule has 1 aliphatic rings. The van der Waals surface area contributed by atoms with Gasteiger partial charge < -0.3 is 14.2 Å². The van der Waals surface area contributed by atoms with Gasteiger partial charge in [-0.05, 0) is 17.7 Å². The zero-order valence-electron chi connectivity index (χ0n) is 17.2. The molecule has 0 unspecified atom stereocenters. The minimum atomic E-state index is -0.492. The van der Waals surface area contributed by atoms with Gasteiger partial charge in [0.15, 0.2) is 16.3 Å². The number of carbonyl (C=O) groups is 1. The average Bonchev–Trinajstić information content (AvgIpc) is 3.13. The number of imidazole rings is 1. The van der Waals surface area contributed by atoms with Gasteiger partial charge in [0.1, 0.15) is 5.82 Å². The number of amides is 1. The van der Waals surface area contributed by atoms with E-state index in [2.05, 4.69) is 4.98 Å². The highest BCUT2D eigenvalue weighted by Gasteiger charge is 2.22. The molecular formula is C20H22FN5O4S. The van der Waals surface area contributed by atoms with E-state index in [4.69, 9.17) is 4.74 Å². The number of ether oxygens (including phenoxy) is 1. The minimum Gasteiger partial charge on any atom is -0.378 e. The van der Waals surface area contributed by atoms with Crippen molar-refractivity contribution in [1.82, 2.24) is 23.6 Å². The van der Waals surface area contributed by atoms with Crippen molar-refractivity contribution in [1.29, 1.82) is 0 Å². The van der Waals surface area contributed by atoms with Crippen molar-refractivity contribution in [3.05, 3.63) is 56.5 Å². The Bertz CT molecular complexity index is 1260. The summed E-state index contributed by atoms with van der Waals surface area (Å²) in [6.07, 6.45) is 0. The fraction of sp³-hybridized carbons (Fsp3) is 0.400. The Morgan fingerprint density at radius 3 is 2.65 bits per heavy atom. The van der Waals surface area contributed by atoms with Gasteiger partial charge in [0.2, 0.25) is 5.91 Å². The molecule has 3 heterocycles. The molecule has 1 amide bonds. The molecule has 164 valence electrons. The third kappa shape index (κ3) is 4.15. The van der Waals surface area contributed by atoms with Crippen LogP contribution in [-0.2, 0) is 30.2 Å². The third-order valence-corrected chi connectivity index (χ3v) is 6.19. The van der Waals surface area contributed by atoms with Crippen molar-refractivity contribution in [2.24, 2.45) is 14.1 Å². The van der Waals surface area contributed by atoms with E-state index < -0.39 is 11.2 Å². The third-order valence-electron chi connectivity index (χ3n) is 5.23. The number of carbonyl (C=O) groups excluding carboxylic acids is 1. The molecule has 31 heavy (non-hydrogen) atoms. The number of hydrogen-bond donors (Lipinski definition) is 0. The first-order valence-electron chi connectivity index (χ1n) is 9.76. The summed E-state index contributed by atoms with van der Waals surface area (Å²) in [6, 6.07) is 6.06. The second-order valence-corrected chi connectivity index (χ2v) is 8.21. The van der Waals surface area contributed by atoms with Crippen LogP contribution in [0.5, 0.6) is 0 Å². The van der Waals surface area contributed by atoms with Crippen LogP contribution in [-0.4, -0.2) is 61.5 Å². The van der Waals surface area contributed by atoms with Crippen LogP contribution in [0.25, 0.3) is 11.2 Å².